The average Bonchev–Trinajstić information content (AvgIpc) is 3.54. The van der Waals surface area contributed by atoms with E-state index in [1.165, 1.54) is 22.3 Å². The zero-order valence-electron chi connectivity index (χ0n) is 26.5. The molecule has 1 heterocycles. The zero-order chi connectivity index (χ0) is 34.3. The van der Waals surface area contributed by atoms with Crippen molar-refractivity contribution in [1.82, 2.24) is 0 Å². The fourth-order valence-corrected chi connectivity index (χ4v) is 7.58. The highest BCUT2D eigenvalue weighted by atomic mass is 16.3. The van der Waals surface area contributed by atoms with Gasteiger partial charge in [0.05, 0.1) is 10.8 Å². The first-order valence-corrected chi connectivity index (χ1v) is 16.2. The Balaban J connectivity index is 1.31. The van der Waals surface area contributed by atoms with Crippen LogP contribution in [0.15, 0.2) is 126 Å². The topological polar surface area (TPSA) is 114 Å². The van der Waals surface area contributed by atoms with Crippen LogP contribution in [0.2, 0.25) is 0 Å². The van der Waals surface area contributed by atoms with E-state index in [4.69, 9.17) is 12.3 Å². The van der Waals surface area contributed by atoms with E-state index in [9.17, 15) is 25.5 Å². The number of furan rings is 1. The molecule has 0 atom stereocenters. The fraction of sp³-hybridized carbons (Fsp3) is 0.0233. The number of hydrogen-bond acceptors (Lipinski definition) is 6. The molecule has 0 aliphatic heterocycles. The molecule has 0 saturated heterocycles. The van der Waals surface area contributed by atoms with Crippen LogP contribution in [0.5, 0.6) is 28.7 Å². The highest BCUT2D eigenvalue weighted by Crippen LogP contribution is 2.53. The van der Waals surface area contributed by atoms with Gasteiger partial charge in [0, 0.05) is 10.8 Å². The summed E-state index contributed by atoms with van der Waals surface area (Å²) >= 11 is 0. The molecular weight excluding hydrogens is 623 g/mol. The SMILES string of the molecule is [B]c1c(O)c(O)c(O)c2c(O)c(O)c3c4cc(-c5c6ccccc6c(Cc6ccccc6-c6ccccc6)c6ccccc56)ccc4oc3c12. The molecule has 9 aromatic rings. The van der Waals surface area contributed by atoms with Crippen molar-refractivity contribution in [3.63, 3.8) is 0 Å². The van der Waals surface area contributed by atoms with Gasteiger partial charge in [0.15, 0.2) is 28.7 Å². The van der Waals surface area contributed by atoms with Gasteiger partial charge in [-0.2, -0.15) is 0 Å². The summed E-state index contributed by atoms with van der Waals surface area (Å²) in [6, 6.07) is 41.3. The first-order chi connectivity index (χ1) is 24.3. The minimum atomic E-state index is -0.909. The summed E-state index contributed by atoms with van der Waals surface area (Å²) in [5, 5.41) is 58.3. The summed E-state index contributed by atoms with van der Waals surface area (Å²) in [6.45, 7) is 0. The molecule has 0 saturated carbocycles. The molecule has 0 unspecified atom stereocenters. The monoisotopic (exact) mass is 650 g/mol. The molecule has 2 radical (unpaired) electrons. The number of phenolic OH excluding ortho intramolecular Hbond substituents is 5. The lowest BCUT2D eigenvalue weighted by Gasteiger charge is -2.19. The van der Waals surface area contributed by atoms with E-state index in [0.717, 1.165) is 32.7 Å². The number of fused-ring (bicyclic) bond motifs is 7. The quantitative estimate of drug-likeness (QED) is 0.0737. The van der Waals surface area contributed by atoms with Crippen molar-refractivity contribution in [2.24, 2.45) is 0 Å². The van der Waals surface area contributed by atoms with Gasteiger partial charge in [-0.05, 0) is 78.9 Å². The van der Waals surface area contributed by atoms with Crippen LogP contribution in [-0.2, 0) is 6.42 Å². The predicted octanol–water partition coefficient (Wildman–Crippen LogP) is 9.29. The lowest BCUT2D eigenvalue weighted by molar-refractivity contribution is 0.370. The second kappa shape index (κ2) is 11.0. The lowest BCUT2D eigenvalue weighted by Crippen LogP contribution is -2.05. The maximum Gasteiger partial charge on any atom is 0.200 e. The van der Waals surface area contributed by atoms with Gasteiger partial charge in [-0.25, -0.2) is 0 Å². The summed E-state index contributed by atoms with van der Waals surface area (Å²) in [5.74, 6) is -3.74. The minimum Gasteiger partial charge on any atom is -0.505 e. The van der Waals surface area contributed by atoms with E-state index < -0.39 is 28.7 Å². The van der Waals surface area contributed by atoms with Crippen LogP contribution in [0.25, 0.3) is 76.5 Å². The second-order valence-electron chi connectivity index (χ2n) is 12.6. The van der Waals surface area contributed by atoms with Crippen molar-refractivity contribution >= 4 is 67.6 Å². The largest absolute Gasteiger partial charge is 0.505 e. The van der Waals surface area contributed by atoms with E-state index in [0.29, 0.717) is 17.4 Å². The summed E-state index contributed by atoms with van der Waals surface area (Å²) < 4.78 is 6.18. The molecule has 0 fully saturated rings. The molecule has 50 heavy (non-hydrogen) atoms. The maximum atomic E-state index is 11.3. The third-order valence-corrected chi connectivity index (χ3v) is 9.87. The second-order valence-corrected chi connectivity index (χ2v) is 12.6. The Kier molecular flexibility index (Phi) is 6.48. The highest BCUT2D eigenvalue weighted by molar-refractivity contribution is 6.45. The van der Waals surface area contributed by atoms with Crippen molar-refractivity contribution in [2.75, 3.05) is 0 Å². The third-order valence-electron chi connectivity index (χ3n) is 9.87. The van der Waals surface area contributed by atoms with E-state index in [2.05, 4.69) is 84.9 Å². The Hall–Kier alpha value is -6.60. The molecule has 238 valence electrons. The molecule has 8 aromatic carbocycles. The molecular formula is C43H27BO6. The van der Waals surface area contributed by atoms with E-state index in [-0.39, 0.29) is 27.2 Å². The first-order valence-electron chi connectivity index (χ1n) is 16.2. The summed E-state index contributed by atoms with van der Waals surface area (Å²) in [6.07, 6.45) is 0.717. The van der Waals surface area contributed by atoms with Crippen molar-refractivity contribution < 1.29 is 29.9 Å². The summed E-state index contributed by atoms with van der Waals surface area (Å²) in [7, 11) is 6.18. The van der Waals surface area contributed by atoms with Crippen molar-refractivity contribution in [2.45, 2.75) is 6.42 Å². The van der Waals surface area contributed by atoms with Gasteiger partial charge in [0.1, 0.15) is 19.0 Å². The van der Waals surface area contributed by atoms with Crippen LogP contribution >= 0.6 is 0 Å². The maximum absolute atomic E-state index is 11.3. The molecule has 0 aliphatic rings. The molecule has 6 nitrogen and oxygen atoms in total. The first kappa shape index (κ1) is 29.5. The third kappa shape index (κ3) is 4.16. The lowest BCUT2D eigenvalue weighted by atomic mass is 9.84. The zero-order valence-corrected chi connectivity index (χ0v) is 26.5. The molecule has 0 amide bonds. The number of phenols is 5. The van der Waals surface area contributed by atoms with Crippen LogP contribution in [0, 0.1) is 0 Å². The average molecular weight is 650 g/mol. The van der Waals surface area contributed by atoms with E-state index in [1.54, 1.807) is 6.07 Å². The van der Waals surface area contributed by atoms with Crippen LogP contribution in [-0.4, -0.2) is 33.4 Å². The van der Waals surface area contributed by atoms with E-state index in [1.807, 2.05) is 30.3 Å². The van der Waals surface area contributed by atoms with Crippen LogP contribution in [0.4, 0.5) is 0 Å². The van der Waals surface area contributed by atoms with Gasteiger partial charge >= 0.3 is 0 Å². The van der Waals surface area contributed by atoms with Crippen molar-refractivity contribution in [1.29, 1.82) is 0 Å². The Morgan fingerprint density at radius 1 is 0.480 bits per heavy atom. The van der Waals surface area contributed by atoms with Gasteiger partial charge < -0.3 is 29.9 Å². The molecule has 5 N–H and O–H groups in total. The smallest absolute Gasteiger partial charge is 0.200 e. The number of benzene rings is 8. The van der Waals surface area contributed by atoms with Crippen LogP contribution < -0.4 is 5.46 Å². The predicted molar refractivity (Wildman–Crippen MR) is 200 cm³/mol. The molecule has 1 aromatic heterocycles. The number of aromatic hydroxyl groups is 5. The van der Waals surface area contributed by atoms with Gasteiger partial charge in [0.2, 0.25) is 0 Å². The van der Waals surface area contributed by atoms with Crippen LogP contribution in [0.1, 0.15) is 11.1 Å². The Morgan fingerprint density at radius 2 is 1.06 bits per heavy atom. The molecule has 0 spiro atoms. The number of rotatable bonds is 4. The van der Waals surface area contributed by atoms with Gasteiger partial charge in [0.25, 0.3) is 0 Å². The Bertz CT molecular complexity index is 2800. The van der Waals surface area contributed by atoms with Gasteiger partial charge in [-0.15, -0.1) is 0 Å². The molecule has 9 rings (SSSR count). The fourth-order valence-electron chi connectivity index (χ4n) is 7.58. The Morgan fingerprint density at radius 3 is 1.76 bits per heavy atom. The molecule has 0 bridgehead atoms. The minimum absolute atomic E-state index is 0.0307. The molecule has 0 aliphatic carbocycles. The summed E-state index contributed by atoms with van der Waals surface area (Å²) in [4.78, 5) is 0. The van der Waals surface area contributed by atoms with Gasteiger partial charge in [-0.1, -0.05) is 109 Å². The Labute approximate surface area is 286 Å². The number of hydrogen-bond donors (Lipinski definition) is 5. The standard InChI is InChI=1S/C43H27BO6/c44-37-35-36(40(47)42(49)41(37)48)39(46)38(45)34-31-21-24(18-19-32(31)50-43(34)35)33-28-16-8-6-14-26(28)30(27-15-7-9-17-29(27)33)20-23-12-4-5-13-25(23)22-10-2-1-3-11-22/h1-19,21,45-49H,20H2. The van der Waals surface area contributed by atoms with Crippen molar-refractivity contribution in [3.8, 4) is 51.0 Å². The highest BCUT2D eigenvalue weighted by Gasteiger charge is 2.27. The molecule has 7 heteroatoms. The summed E-state index contributed by atoms with van der Waals surface area (Å²) in [5.41, 5.74) is 6.77. The normalized spacial score (nSPS) is 11.8. The van der Waals surface area contributed by atoms with Crippen LogP contribution in [0.3, 0.4) is 0 Å². The van der Waals surface area contributed by atoms with Crippen molar-refractivity contribution in [3.05, 3.63) is 132 Å². The van der Waals surface area contributed by atoms with Gasteiger partial charge in [-0.3, -0.25) is 0 Å². The van der Waals surface area contributed by atoms with E-state index >= 15 is 0 Å².